The van der Waals surface area contributed by atoms with Crippen molar-refractivity contribution in [3.8, 4) is 0 Å². The summed E-state index contributed by atoms with van der Waals surface area (Å²) in [6, 6.07) is 10.2. The first-order valence-corrected chi connectivity index (χ1v) is 7.37. The second kappa shape index (κ2) is 5.85. The summed E-state index contributed by atoms with van der Waals surface area (Å²) in [4.78, 5) is 25.1. The van der Waals surface area contributed by atoms with E-state index in [-0.39, 0.29) is 5.91 Å². The van der Waals surface area contributed by atoms with Gasteiger partial charge < -0.3 is 14.7 Å². The molecule has 5 heteroatoms. The largest absolute Gasteiger partial charge is 0.479 e. The van der Waals surface area contributed by atoms with Crippen LogP contribution in [-0.2, 0) is 14.3 Å². The van der Waals surface area contributed by atoms with Gasteiger partial charge in [0.05, 0.1) is 0 Å². The average Bonchev–Trinajstić information content (AvgIpc) is 3.17. The Morgan fingerprint density at radius 2 is 1.81 bits per heavy atom. The molecule has 2 fully saturated rings. The van der Waals surface area contributed by atoms with Crippen molar-refractivity contribution in [2.75, 3.05) is 13.1 Å². The zero-order valence-corrected chi connectivity index (χ0v) is 11.8. The van der Waals surface area contributed by atoms with E-state index in [9.17, 15) is 9.59 Å². The van der Waals surface area contributed by atoms with Gasteiger partial charge in [-0.25, -0.2) is 4.79 Å². The van der Waals surface area contributed by atoms with E-state index in [1.54, 1.807) is 0 Å². The quantitative estimate of drug-likeness (QED) is 0.918. The molecule has 1 unspecified atom stereocenters. The van der Waals surface area contributed by atoms with E-state index < -0.39 is 18.2 Å². The monoisotopic (exact) mass is 289 g/mol. The second-order valence-corrected chi connectivity index (χ2v) is 5.71. The Hall–Kier alpha value is -1.88. The molecule has 2 saturated heterocycles. The smallest absolute Gasteiger partial charge is 0.332 e. The number of amides is 1. The molecule has 0 radical (unpaired) electrons. The number of carbonyl (C=O) groups excluding carboxylic acids is 1. The Kier molecular flexibility index (Phi) is 3.92. The number of hydrogen-bond donors (Lipinski definition) is 1. The number of likely N-dealkylation sites (tertiary alicyclic amines) is 1. The van der Waals surface area contributed by atoms with Crippen molar-refractivity contribution in [2.45, 2.75) is 37.4 Å². The van der Waals surface area contributed by atoms with Gasteiger partial charge in [-0.05, 0) is 24.8 Å². The van der Waals surface area contributed by atoms with E-state index in [0.717, 1.165) is 13.0 Å². The van der Waals surface area contributed by atoms with Crippen LogP contribution in [0.25, 0.3) is 0 Å². The van der Waals surface area contributed by atoms with Crippen LogP contribution in [0.3, 0.4) is 0 Å². The van der Waals surface area contributed by atoms with Gasteiger partial charge in [-0.2, -0.15) is 0 Å². The topological polar surface area (TPSA) is 66.8 Å². The molecule has 0 spiro atoms. The molecule has 21 heavy (non-hydrogen) atoms. The Balaban J connectivity index is 1.59. The minimum absolute atomic E-state index is 0.0582. The van der Waals surface area contributed by atoms with Crippen LogP contribution in [-0.4, -0.2) is 47.2 Å². The van der Waals surface area contributed by atoms with Gasteiger partial charge in [-0.1, -0.05) is 30.3 Å². The first-order chi connectivity index (χ1) is 10.1. The third kappa shape index (κ3) is 2.93. The van der Waals surface area contributed by atoms with E-state index in [0.29, 0.717) is 25.3 Å². The highest BCUT2D eigenvalue weighted by molar-refractivity contribution is 5.83. The van der Waals surface area contributed by atoms with Crippen molar-refractivity contribution in [3.63, 3.8) is 0 Å². The van der Waals surface area contributed by atoms with Gasteiger partial charge in [0.15, 0.2) is 6.10 Å². The molecule has 2 aliphatic heterocycles. The summed E-state index contributed by atoms with van der Waals surface area (Å²) in [5, 5.41) is 8.92. The van der Waals surface area contributed by atoms with Gasteiger partial charge in [-0.3, -0.25) is 4.79 Å². The molecule has 5 nitrogen and oxygen atoms in total. The Bertz CT molecular complexity index is 530. The third-order valence-electron chi connectivity index (χ3n) is 4.34. The van der Waals surface area contributed by atoms with E-state index in [1.165, 1.54) is 5.56 Å². The summed E-state index contributed by atoms with van der Waals surface area (Å²) < 4.78 is 5.35. The van der Waals surface area contributed by atoms with Gasteiger partial charge in [0, 0.05) is 19.0 Å². The molecular formula is C16H19NO4. The maximum atomic E-state index is 12.4. The molecular weight excluding hydrogens is 270 g/mol. The molecule has 0 aromatic heterocycles. The fraction of sp³-hybridized carbons (Fsp3) is 0.500. The van der Waals surface area contributed by atoms with E-state index in [2.05, 4.69) is 12.1 Å². The summed E-state index contributed by atoms with van der Waals surface area (Å²) in [6.45, 7) is 1.41. The molecule has 1 N–H and O–H groups in total. The maximum absolute atomic E-state index is 12.4. The normalized spacial score (nSPS) is 28.8. The lowest BCUT2D eigenvalue weighted by Crippen LogP contribution is -2.38. The van der Waals surface area contributed by atoms with Crippen LogP contribution in [0.2, 0.25) is 0 Å². The van der Waals surface area contributed by atoms with Crippen LogP contribution in [0.15, 0.2) is 30.3 Å². The van der Waals surface area contributed by atoms with E-state index in [4.69, 9.17) is 9.84 Å². The fourth-order valence-electron chi connectivity index (χ4n) is 3.16. The number of aliphatic carboxylic acids is 1. The molecule has 2 aliphatic rings. The number of nitrogens with zero attached hydrogens (tertiary/aromatic N) is 1. The molecule has 0 aliphatic carbocycles. The molecule has 0 bridgehead atoms. The zero-order valence-electron chi connectivity index (χ0n) is 11.8. The van der Waals surface area contributed by atoms with Gasteiger partial charge in [0.25, 0.3) is 5.91 Å². The lowest BCUT2D eigenvalue weighted by Gasteiger charge is -2.20. The van der Waals surface area contributed by atoms with Crippen LogP contribution >= 0.6 is 0 Å². The third-order valence-corrected chi connectivity index (χ3v) is 4.34. The highest BCUT2D eigenvalue weighted by atomic mass is 16.5. The summed E-state index contributed by atoms with van der Waals surface area (Å²) in [5.74, 6) is -0.669. The minimum Gasteiger partial charge on any atom is -0.479 e. The number of carboxylic acids is 1. The first-order valence-electron chi connectivity index (χ1n) is 7.37. The van der Waals surface area contributed by atoms with Crippen molar-refractivity contribution in [1.29, 1.82) is 0 Å². The van der Waals surface area contributed by atoms with Crippen molar-refractivity contribution in [2.24, 2.45) is 0 Å². The van der Waals surface area contributed by atoms with Gasteiger partial charge in [0.1, 0.15) is 6.10 Å². The molecule has 2 heterocycles. The minimum atomic E-state index is -0.978. The fourth-order valence-corrected chi connectivity index (χ4v) is 3.16. The molecule has 1 amide bonds. The molecule has 112 valence electrons. The van der Waals surface area contributed by atoms with Crippen LogP contribution in [0.1, 0.15) is 30.7 Å². The van der Waals surface area contributed by atoms with Crippen molar-refractivity contribution >= 4 is 11.9 Å². The number of rotatable bonds is 3. The van der Waals surface area contributed by atoms with Crippen LogP contribution in [0.4, 0.5) is 0 Å². The predicted molar refractivity (Wildman–Crippen MR) is 75.9 cm³/mol. The Morgan fingerprint density at radius 1 is 1.10 bits per heavy atom. The van der Waals surface area contributed by atoms with Gasteiger partial charge in [0.2, 0.25) is 0 Å². The SMILES string of the molecule is O=C(O)[C@H]1CC[C@@H](C(=O)N2CCC(c3ccccc3)C2)O1. The molecule has 1 aromatic rings. The van der Waals surface area contributed by atoms with Crippen molar-refractivity contribution in [3.05, 3.63) is 35.9 Å². The predicted octanol–water partition coefficient (Wildman–Crippen LogP) is 1.63. The van der Waals surface area contributed by atoms with Gasteiger partial charge in [-0.15, -0.1) is 0 Å². The Labute approximate surface area is 123 Å². The van der Waals surface area contributed by atoms with Crippen LogP contribution < -0.4 is 0 Å². The summed E-state index contributed by atoms with van der Waals surface area (Å²) >= 11 is 0. The van der Waals surface area contributed by atoms with Crippen molar-refractivity contribution < 1.29 is 19.4 Å². The number of hydrogen-bond acceptors (Lipinski definition) is 3. The van der Waals surface area contributed by atoms with Gasteiger partial charge >= 0.3 is 5.97 Å². The first kappa shape index (κ1) is 14.1. The zero-order chi connectivity index (χ0) is 14.8. The van der Waals surface area contributed by atoms with Crippen molar-refractivity contribution in [1.82, 2.24) is 4.90 Å². The highest BCUT2D eigenvalue weighted by Crippen LogP contribution is 2.29. The molecule has 3 atom stereocenters. The standard InChI is InChI=1S/C16H19NO4/c18-15(13-6-7-14(21-13)16(19)20)17-9-8-12(10-17)11-4-2-1-3-5-11/h1-5,12-14H,6-10H2,(H,19,20)/t12?,13-,14+/m0/s1. The summed E-state index contributed by atoms with van der Waals surface area (Å²) in [5.41, 5.74) is 1.25. The van der Waals surface area contributed by atoms with Crippen LogP contribution in [0, 0.1) is 0 Å². The number of benzene rings is 1. The molecule has 0 saturated carbocycles. The maximum Gasteiger partial charge on any atom is 0.332 e. The Morgan fingerprint density at radius 3 is 2.48 bits per heavy atom. The molecule has 1 aromatic carbocycles. The number of carbonyl (C=O) groups is 2. The lowest BCUT2D eigenvalue weighted by molar-refractivity contribution is -0.154. The van der Waals surface area contributed by atoms with E-state index >= 15 is 0 Å². The number of ether oxygens (including phenoxy) is 1. The van der Waals surface area contributed by atoms with Crippen LogP contribution in [0.5, 0.6) is 0 Å². The second-order valence-electron chi connectivity index (χ2n) is 5.71. The van der Waals surface area contributed by atoms with E-state index in [1.807, 2.05) is 23.1 Å². The lowest BCUT2D eigenvalue weighted by atomic mass is 9.99. The molecule has 3 rings (SSSR count). The summed E-state index contributed by atoms with van der Waals surface area (Å²) in [6.07, 6.45) is 0.460. The number of carboxylic acid groups (broad SMARTS) is 1. The highest BCUT2D eigenvalue weighted by Gasteiger charge is 2.38. The summed E-state index contributed by atoms with van der Waals surface area (Å²) in [7, 11) is 0. The average molecular weight is 289 g/mol.